The maximum Gasteiger partial charge on any atom is 0.0780 e. The fourth-order valence-corrected chi connectivity index (χ4v) is 2.62. The molecule has 0 aromatic heterocycles. The molecule has 0 radical (unpaired) electrons. The molecular weight excluding hydrogens is 202 g/mol. The summed E-state index contributed by atoms with van der Waals surface area (Å²) in [6.07, 6.45) is 5.48. The van der Waals surface area contributed by atoms with Crippen LogP contribution in [0.2, 0.25) is 0 Å². The van der Waals surface area contributed by atoms with Crippen molar-refractivity contribution in [3.8, 4) is 0 Å². The van der Waals surface area contributed by atoms with Crippen LogP contribution >= 0.6 is 0 Å². The molecule has 0 spiro atoms. The van der Waals surface area contributed by atoms with Crippen LogP contribution in [-0.4, -0.2) is 39.0 Å². The first kappa shape index (κ1) is 13.9. The molecule has 0 aromatic rings. The van der Waals surface area contributed by atoms with Gasteiger partial charge in [0.15, 0.2) is 0 Å². The molecule has 1 aliphatic rings. The normalized spacial score (nSPS) is 27.2. The summed E-state index contributed by atoms with van der Waals surface area (Å²) in [5.41, 5.74) is 0. The minimum Gasteiger partial charge on any atom is -0.382 e. The van der Waals surface area contributed by atoms with E-state index in [1.54, 1.807) is 7.11 Å². The van der Waals surface area contributed by atoms with Crippen LogP contribution in [0.15, 0.2) is 0 Å². The Morgan fingerprint density at radius 2 is 2.19 bits per heavy atom. The Hall–Kier alpha value is -0.120. The van der Waals surface area contributed by atoms with Crippen molar-refractivity contribution < 1.29 is 9.47 Å². The lowest BCUT2D eigenvalue weighted by atomic mass is 10.00. The van der Waals surface area contributed by atoms with Gasteiger partial charge in [-0.05, 0) is 38.6 Å². The molecule has 1 fully saturated rings. The van der Waals surface area contributed by atoms with Crippen molar-refractivity contribution in [2.75, 3.05) is 26.9 Å². The van der Waals surface area contributed by atoms with Crippen molar-refractivity contribution in [1.29, 1.82) is 0 Å². The first-order valence-electron chi connectivity index (χ1n) is 6.61. The van der Waals surface area contributed by atoms with Gasteiger partial charge >= 0.3 is 0 Å². The van der Waals surface area contributed by atoms with E-state index < -0.39 is 0 Å². The average molecular weight is 229 g/mol. The molecule has 1 N–H and O–H groups in total. The number of methoxy groups -OCH3 is 1. The highest BCUT2D eigenvalue weighted by molar-refractivity contribution is 4.82. The molecule has 3 unspecified atom stereocenters. The summed E-state index contributed by atoms with van der Waals surface area (Å²) >= 11 is 0. The number of ether oxygens (including phenoxy) is 2. The zero-order valence-corrected chi connectivity index (χ0v) is 11.0. The Bertz CT molecular complexity index is 175. The van der Waals surface area contributed by atoms with Gasteiger partial charge in [0.1, 0.15) is 0 Å². The lowest BCUT2D eigenvalue weighted by molar-refractivity contribution is 0.00318. The largest absolute Gasteiger partial charge is 0.382 e. The van der Waals surface area contributed by atoms with Gasteiger partial charge in [-0.2, -0.15) is 0 Å². The van der Waals surface area contributed by atoms with E-state index in [1.807, 2.05) is 0 Å². The Morgan fingerprint density at radius 3 is 2.88 bits per heavy atom. The molecule has 0 amide bonds. The molecule has 0 bridgehead atoms. The fraction of sp³-hybridized carbons (Fsp3) is 1.00. The molecule has 96 valence electrons. The van der Waals surface area contributed by atoms with Crippen LogP contribution in [0.3, 0.4) is 0 Å². The van der Waals surface area contributed by atoms with Gasteiger partial charge in [-0.25, -0.2) is 0 Å². The molecule has 0 saturated heterocycles. The van der Waals surface area contributed by atoms with E-state index in [-0.39, 0.29) is 6.10 Å². The van der Waals surface area contributed by atoms with Gasteiger partial charge in [0.05, 0.1) is 12.7 Å². The molecule has 1 rings (SSSR count). The molecular formula is C13H27NO2. The van der Waals surface area contributed by atoms with Crippen molar-refractivity contribution in [1.82, 2.24) is 5.32 Å². The monoisotopic (exact) mass is 229 g/mol. The molecule has 3 nitrogen and oxygen atoms in total. The quantitative estimate of drug-likeness (QED) is 0.692. The molecule has 0 aromatic carbocycles. The van der Waals surface area contributed by atoms with Gasteiger partial charge in [-0.15, -0.1) is 0 Å². The van der Waals surface area contributed by atoms with Crippen LogP contribution in [0.1, 0.15) is 39.5 Å². The van der Waals surface area contributed by atoms with Gasteiger partial charge in [-0.3, -0.25) is 0 Å². The first-order chi connectivity index (χ1) is 7.77. The van der Waals surface area contributed by atoms with Crippen molar-refractivity contribution in [3.05, 3.63) is 0 Å². The predicted octanol–water partition coefficient (Wildman–Crippen LogP) is 2.21. The van der Waals surface area contributed by atoms with E-state index >= 15 is 0 Å². The van der Waals surface area contributed by atoms with Crippen LogP contribution in [0.4, 0.5) is 0 Å². The van der Waals surface area contributed by atoms with Gasteiger partial charge in [0.25, 0.3) is 0 Å². The van der Waals surface area contributed by atoms with Crippen LogP contribution in [-0.2, 0) is 9.47 Å². The summed E-state index contributed by atoms with van der Waals surface area (Å²) in [6.45, 7) is 6.91. The first-order valence-corrected chi connectivity index (χ1v) is 6.61. The highest BCUT2D eigenvalue weighted by Crippen LogP contribution is 2.28. The molecule has 1 saturated carbocycles. The molecule has 3 atom stereocenters. The Balaban J connectivity index is 2.11. The zero-order chi connectivity index (χ0) is 11.8. The third-order valence-corrected chi connectivity index (χ3v) is 3.42. The third kappa shape index (κ3) is 4.81. The predicted molar refractivity (Wildman–Crippen MR) is 66.7 cm³/mol. The number of nitrogens with one attached hydrogen (secondary N) is 1. The van der Waals surface area contributed by atoms with Crippen LogP contribution in [0, 0.1) is 5.92 Å². The van der Waals surface area contributed by atoms with E-state index in [4.69, 9.17) is 9.47 Å². The fourth-order valence-electron chi connectivity index (χ4n) is 2.62. The Morgan fingerprint density at radius 1 is 1.38 bits per heavy atom. The molecule has 0 aliphatic heterocycles. The average Bonchev–Trinajstić information content (AvgIpc) is 2.67. The van der Waals surface area contributed by atoms with E-state index in [2.05, 4.69) is 19.2 Å². The summed E-state index contributed by atoms with van der Waals surface area (Å²) in [4.78, 5) is 0. The Kier molecular flexibility index (Phi) is 7.01. The van der Waals surface area contributed by atoms with Crippen molar-refractivity contribution in [3.63, 3.8) is 0 Å². The summed E-state index contributed by atoms with van der Waals surface area (Å²) < 4.78 is 10.8. The van der Waals surface area contributed by atoms with E-state index in [9.17, 15) is 0 Å². The summed E-state index contributed by atoms with van der Waals surface area (Å²) in [5, 5.41) is 3.58. The van der Waals surface area contributed by atoms with Gasteiger partial charge in [0.2, 0.25) is 0 Å². The van der Waals surface area contributed by atoms with E-state index in [1.165, 1.54) is 25.7 Å². The van der Waals surface area contributed by atoms with E-state index in [0.29, 0.717) is 6.61 Å². The van der Waals surface area contributed by atoms with Crippen molar-refractivity contribution >= 4 is 0 Å². The number of rotatable bonds is 8. The van der Waals surface area contributed by atoms with Crippen LogP contribution in [0.25, 0.3) is 0 Å². The smallest absolute Gasteiger partial charge is 0.0780 e. The topological polar surface area (TPSA) is 30.5 Å². The van der Waals surface area contributed by atoms with Crippen molar-refractivity contribution in [2.24, 2.45) is 5.92 Å². The van der Waals surface area contributed by atoms with Gasteiger partial charge < -0.3 is 14.8 Å². The SMILES string of the molecule is CCNC1CCCC1CCOC(C)COC. The highest BCUT2D eigenvalue weighted by Gasteiger charge is 2.25. The number of hydrogen-bond acceptors (Lipinski definition) is 3. The number of hydrogen-bond donors (Lipinski definition) is 1. The minimum absolute atomic E-state index is 0.226. The second-order valence-corrected chi connectivity index (χ2v) is 4.78. The maximum atomic E-state index is 5.72. The van der Waals surface area contributed by atoms with Gasteiger partial charge in [-0.1, -0.05) is 13.3 Å². The highest BCUT2D eigenvalue weighted by atomic mass is 16.5. The lowest BCUT2D eigenvalue weighted by Gasteiger charge is -2.21. The summed E-state index contributed by atoms with van der Waals surface area (Å²) in [7, 11) is 1.72. The summed E-state index contributed by atoms with van der Waals surface area (Å²) in [6, 6.07) is 0.728. The zero-order valence-electron chi connectivity index (χ0n) is 11.0. The molecule has 3 heteroatoms. The second-order valence-electron chi connectivity index (χ2n) is 4.78. The minimum atomic E-state index is 0.226. The van der Waals surface area contributed by atoms with Crippen LogP contribution < -0.4 is 5.32 Å². The third-order valence-electron chi connectivity index (χ3n) is 3.42. The molecule has 0 heterocycles. The standard InChI is InChI=1S/C13H27NO2/c1-4-14-13-7-5-6-12(13)8-9-16-11(2)10-15-3/h11-14H,4-10H2,1-3H3. The molecule has 1 aliphatic carbocycles. The summed E-state index contributed by atoms with van der Waals surface area (Å²) in [5.74, 6) is 0.815. The molecule has 16 heavy (non-hydrogen) atoms. The van der Waals surface area contributed by atoms with Gasteiger partial charge in [0, 0.05) is 19.8 Å². The lowest BCUT2D eigenvalue weighted by Crippen LogP contribution is -2.33. The van der Waals surface area contributed by atoms with Crippen molar-refractivity contribution in [2.45, 2.75) is 51.7 Å². The van der Waals surface area contributed by atoms with Crippen LogP contribution in [0.5, 0.6) is 0 Å². The maximum absolute atomic E-state index is 5.72. The van der Waals surface area contributed by atoms with E-state index in [0.717, 1.165) is 25.1 Å². The Labute approximate surface area is 99.9 Å². The second kappa shape index (κ2) is 8.04.